The van der Waals surface area contributed by atoms with Crippen molar-refractivity contribution in [2.75, 3.05) is 20.1 Å². The van der Waals surface area contributed by atoms with E-state index in [1.54, 1.807) is 0 Å². The number of hydrogen-bond donors (Lipinski definition) is 1. The molecule has 0 aromatic carbocycles. The molecule has 1 amide bonds. The fourth-order valence-corrected chi connectivity index (χ4v) is 2.08. The summed E-state index contributed by atoms with van der Waals surface area (Å²) < 4.78 is 5.58. The van der Waals surface area contributed by atoms with Crippen molar-refractivity contribution >= 4 is 5.91 Å². The van der Waals surface area contributed by atoms with Crippen molar-refractivity contribution in [1.82, 2.24) is 4.90 Å². The van der Waals surface area contributed by atoms with Gasteiger partial charge in [0.25, 0.3) is 5.91 Å². The molecule has 2 rings (SSSR count). The highest BCUT2D eigenvalue weighted by atomic mass is 16.5. The topological polar surface area (TPSA) is 55.6 Å². The zero-order chi connectivity index (χ0) is 10.8. The molecule has 0 radical (unpaired) electrons. The summed E-state index contributed by atoms with van der Waals surface area (Å²) >= 11 is 0. The van der Waals surface area contributed by atoms with Gasteiger partial charge in [0.1, 0.15) is 6.10 Å². The molecule has 4 nitrogen and oxygen atoms in total. The fraction of sp³-hybridized carbons (Fsp3) is 0.909. The second kappa shape index (κ2) is 4.49. The number of nitrogens with zero attached hydrogens (tertiary/aromatic N) is 1. The molecule has 0 bridgehead atoms. The molecule has 0 spiro atoms. The van der Waals surface area contributed by atoms with Gasteiger partial charge in [0.2, 0.25) is 0 Å². The number of ether oxygens (including phenoxy) is 1. The van der Waals surface area contributed by atoms with Gasteiger partial charge in [-0.3, -0.25) is 4.79 Å². The lowest BCUT2D eigenvalue weighted by molar-refractivity contribution is -0.141. The smallest absolute Gasteiger partial charge is 0.251 e. The van der Waals surface area contributed by atoms with Gasteiger partial charge < -0.3 is 15.4 Å². The lowest BCUT2D eigenvalue weighted by Gasteiger charge is -2.21. The van der Waals surface area contributed by atoms with E-state index in [4.69, 9.17) is 10.5 Å². The summed E-state index contributed by atoms with van der Waals surface area (Å²) in [5.41, 5.74) is 5.51. The van der Waals surface area contributed by atoms with Gasteiger partial charge >= 0.3 is 0 Å². The summed E-state index contributed by atoms with van der Waals surface area (Å²) in [6.07, 6.45) is 4.15. The van der Waals surface area contributed by atoms with Crippen molar-refractivity contribution in [2.45, 2.75) is 37.9 Å². The lowest BCUT2D eigenvalue weighted by Crippen LogP contribution is -2.38. The number of nitrogens with two attached hydrogens (primary N) is 1. The summed E-state index contributed by atoms with van der Waals surface area (Å²) in [5.74, 6) is 0.878. The second-order valence-corrected chi connectivity index (χ2v) is 4.72. The molecular formula is C11H20N2O2. The number of rotatable bonds is 4. The van der Waals surface area contributed by atoms with Crippen LogP contribution >= 0.6 is 0 Å². The molecule has 2 aliphatic rings. The monoisotopic (exact) mass is 212 g/mol. The van der Waals surface area contributed by atoms with Gasteiger partial charge in [0.05, 0.1) is 6.10 Å². The minimum Gasteiger partial charge on any atom is -0.364 e. The van der Waals surface area contributed by atoms with E-state index in [0.29, 0.717) is 6.54 Å². The van der Waals surface area contributed by atoms with Gasteiger partial charge in [-0.05, 0) is 31.6 Å². The van der Waals surface area contributed by atoms with Crippen LogP contribution in [0.5, 0.6) is 0 Å². The number of carbonyl (C=O) groups is 1. The molecule has 2 atom stereocenters. The molecule has 1 saturated carbocycles. The molecule has 0 aromatic rings. The van der Waals surface area contributed by atoms with E-state index in [9.17, 15) is 4.79 Å². The first kappa shape index (κ1) is 10.9. The standard InChI is InChI=1S/C11H20N2O2/c1-13(7-8-2-3-8)11(14)10-5-4-9(6-12)15-10/h8-10H,2-7,12H2,1H3/t9-,10+/m1/s1. The van der Waals surface area contributed by atoms with Crippen LogP contribution in [0.25, 0.3) is 0 Å². The Hall–Kier alpha value is -0.610. The molecule has 1 aliphatic heterocycles. The predicted octanol–water partition coefficient (Wildman–Crippen LogP) is 0.361. The quantitative estimate of drug-likeness (QED) is 0.732. The molecule has 1 saturated heterocycles. The number of carbonyl (C=O) groups excluding carboxylic acids is 1. The first-order chi connectivity index (χ1) is 7.20. The van der Waals surface area contributed by atoms with Gasteiger partial charge in [-0.25, -0.2) is 0 Å². The number of amides is 1. The fourth-order valence-electron chi connectivity index (χ4n) is 2.08. The Labute approximate surface area is 90.8 Å². The second-order valence-electron chi connectivity index (χ2n) is 4.72. The maximum Gasteiger partial charge on any atom is 0.251 e. The normalized spacial score (nSPS) is 30.5. The highest BCUT2D eigenvalue weighted by Crippen LogP contribution is 2.30. The minimum atomic E-state index is -0.234. The Bertz CT molecular complexity index is 241. The van der Waals surface area contributed by atoms with Crippen molar-refractivity contribution in [1.29, 1.82) is 0 Å². The molecule has 2 fully saturated rings. The third kappa shape index (κ3) is 2.69. The van der Waals surface area contributed by atoms with Crippen molar-refractivity contribution in [3.63, 3.8) is 0 Å². The summed E-state index contributed by atoms with van der Waals surface area (Å²) in [7, 11) is 1.87. The van der Waals surface area contributed by atoms with Gasteiger partial charge in [0, 0.05) is 20.1 Å². The predicted molar refractivity (Wildman–Crippen MR) is 57.3 cm³/mol. The molecule has 2 N–H and O–H groups in total. The molecular weight excluding hydrogens is 192 g/mol. The van der Waals surface area contributed by atoms with Crippen LogP contribution in [0.4, 0.5) is 0 Å². The van der Waals surface area contributed by atoms with Gasteiger partial charge in [-0.15, -0.1) is 0 Å². The van der Waals surface area contributed by atoms with Gasteiger partial charge in [-0.1, -0.05) is 0 Å². The first-order valence-electron chi connectivity index (χ1n) is 5.81. The summed E-state index contributed by atoms with van der Waals surface area (Å²) in [4.78, 5) is 13.8. The van der Waals surface area contributed by atoms with Gasteiger partial charge in [-0.2, -0.15) is 0 Å². The van der Waals surface area contributed by atoms with Crippen LogP contribution < -0.4 is 5.73 Å². The van der Waals surface area contributed by atoms with Crippen LogP contribution in [0.2, 0.25) is 0 Å². The highest BCUT2D eigenvalue weighted by Gasteiger charge is 2.33. The Morgan fingerprint density at radius 2 is 2.13 bits per heavy atom. The van der Waals surface area contributed by atoms with Crippen molar-refractivity contribution in [2.24, 2.45) is 11.7 Å². The average molecular weight is 212 g/mol. The Kier molecular flexibility index (Phi) is 3.26. The van der Waals surface area contributed by atoms with E-state index in [0.717, 1.165) is 25.3 Å². The van der Waals surface area contributed by atoms with E-state index in [1.165, 1.54) is 12.8 Å². The van der Waals surface area contributed by atoms with Crippen LogP contribution in [0, 0.1) is 5.92 Å². The largest absolute Gasteiger partial charge is 0.364 e. The van der Waals surface area contributed by atoms with Crippen LogP contribution in [0.15, 0.2) is 0 Å². The molecule has 0 aromatic heterocycles. The lowest BCUT2D eigenvalue weighted by atomic mass is 10.2. The maximum absolute atomic E-state index is 11.9. The SMILES string of the molecule is CN(CC1CC1)C(=O)[C@@H]1CC[C@H](CN)O1. The Morgan fingerprint density at radius 1 is 1.40 bits per heavy atom. The maximum atomic E-state index is 11.9. The van der Waals surface area contributed by atoms with Gasteiger partial charge in [0.15, 0.2) is 0 Å². The highest BCUT2D eigenvalue weighted by molar-refractivity contribution is 5.81. The van der Waals surface area contributed by atoms with Crippen LogP contribution in [0.3, 0.4) is 0 Å². The third-order valence-electron chi connectivity index (χ3n) is 3.25. The zero-order valence-electron chi connectivity index (χ0n) is 9.32. The van der Waals surface area contributed by atoms with E-state index >= 15 is 0 Å². The van der Waals surface area contributed by atoms with Crippen LogP contribution in [-0.2, 0) is 9.53 Å². The molecule has 15 heavy (non-hydrogen) atoms. The average Bonchev–Trinajstić information content (AvgIpc) is 2.92. The Balaban J connectivity index is 1.79. The molecule has 0 unspecified atom stereocenters. The van der Waals surface area contributed by atoms with Crippen molar-refractivity contribution < 1.29 is 9.53 Å². The summed E-state index contributed by atoms with van der Waals surface area (Å²) in [6.45, 7) is 1.42. The zero-order valence-corrected chi connectivity index (χ0v) is 9.32. The van der Waals surface area contributed by atoms with Crippen molar-refractivity contribution in [3.8, 4) is 0 Å². The Morgan fingerprint density at radius 3 is 2.67 bits per heavy atom. The minimum absolute atomic E-state index is 0.0910. The van der Waals surface area contributed by atoms with Crippen molar-refractivity contribution in [3.05, 3.63) is 0 Å². The van der Waals surface area contributed by atoms with E-state index < -0.39 is 0 Å². The van der Waals surface area contributed by atoms with E-state index in [1.807, 2.05) is 11.9 Å². The number of likely N-dealkylation sites (N-methyl/N-ethyl adjacent to an activating group) is 1. The third-order valence-corrected chi connectivity index (χ3v) is 3.25. The van der Waals surface area contributed by atoms with E-state index in [-0.39, 0.29) is 18.1 Å². The molecule has 4 heteroatoms. The molecule has 1 aliphatic carbocycles. The van der Waals surface area contributed by atoms with Crippen LogP contribution in [-0.4, -0.2) is 43.2 Å². The van der Waals surface area contributed by atoms with Crippen LogP contribution in [0.1, 0.15) is 25.7 Å². The molecule has 86 valence electrons. The van der Waals surface area contributed by atoms with E-state index in [2.05, 4.69) is 0 Å². The number of hydrogen-bond acceptors (Lipinski definition) is 3. The summed E-state index contributed by atoms with van der Waals surface area (Å²) in [5, 5.41) is 0. The summed E-state index contributed by atoms with van der Waals surface area (Å²) in [6, 6.07) is 0. The first-order valence-corrected chi connectivity index (χ1v) is 5.81. The molecule has 1 heterocycles.